The van der Waals surface area contributed by atoms with Crippen molar-refractivity contribution in [2.45, 2.75) is 18.1 Å². The number of carbonyl (C=O) groups is 1. The van der Waals surface area contributed by atoms with Crippen LogP contribution in [0.15, 0.2) is 72.7 Å². The second kappa shape index (κ2) is 10.3. The van der Waals surface area contributed by atoms with E-state index in [2.05, 4.69) is 56.2 Å². The van der Waals surface area contributed by atoms with E-state index >= 15 is 0 Å². The summed E-state index contributed by atoms with van der Waals surface area (Å²) in [4.78, 5) is 18.9. The molecule has 0 spiro atoms. The molecule has 1 aromatic carbocycles. The van der Waals surface area contributed by atoms with Crippen LogP contribution in [-0.4, -0.2) is 51.0 Å². The first-order valence-corrected chi connectivity index (χ1v) is 11.4. The lowest BCUT2D eigenvalue weighted by Crippen LogP contribution is -2.32. The molecular formula is C23H26N6OS. The number of aromatic nitrogens is 4. The smallest absolute Gasteiger partial charge is 0.230 e. The summed E-state index contributed by atoms with van der Waals surface area (Å²) in [5.41, 5.74) is 2.18. The fraction of sp³-hybridized carbons (Fsp3) is 0.304. The minimum atomic E-state index is 0.0155. The molecule has 0 saturated carbocycles. The lowest BCUT2D eigenvalue weighted by Gasteiger charge is -2.18. The minimum Gasteiger partial charge on any atom is -0.371 e. The van der Waals surface area contributed by atoms with Gasteiger partial charge in [-0.05, 0) is 36.6 Å². The number of amides is 1. The van der Waals surface area contributed by atoms with Crippen molar-refractivity contribution in [3.63, 3.8) is 0 Å². The van der Waals surface area contributed by atoms with Crippen LogP contribution in [0.3, 0.4) is 0 Å². The SMILES string of the molecule is C=CCn1c(SCC(=O)NCC2CCN(c3ccccc3)C2)nnc1-c1ccncc1. The van der Waals surface area contributed by atoms with Crippen molar-refractivity contribution in [3.05, 3.63) is 67.5 Å². The van der Waals surface area contributed by atoms with E-state index in [1.807, 2.05) is 22.8 Å². The van der Waals surface area contributed by atoms with Gasteiger partial charge in [-0.15, -0.1) is 16.8 Å². The number of nitrogens with one attached hydrogen (secondary N) is 1. The Morgan fingerprint density at radius 2 is 2.00 bits per heavy atom. The average Bonchev–Trinajstić information content (AvgIpc) is 3.45. The maximum atomic E-state index is 12.4. The molecule has 3 aromatic rings. The van der Waals surface area contributed by atoms with E-state index < -0.39 is 0 Å². The van der Waals surface area contributed by atoms with E-state index in [0.717, 1.165) is 30.9 Å². The van der Waals surface area contributed by atoms with Gasteiger partial charge in [0.2, 0.25) is 5.91 Å². The molecule has 1 unspecified atom stereocenters. The fourth-order valence-corrected chi connectivity index (χ4v) is 4.49. The Morgan fingerprint density at radius 1 is 1.19 bits per heavy atom. The molecule has 8 heteroatoms. The summed E-state index contributed by atoms with van der Waals surface area (Å²) in [5, 5.41) is 12.4. The van der Waals surface area contributed by atoms with Crippen molar-refractivity contribution in [1.29, 1.82) is 0 Å². The van der Waals surface area contributed by atoms with Crippen LogP contribution in [0.5, 0.6) is 0 Å². The van der Waals surface area contributed by atoms with Crippen molar-refractivity contribution in [2.24, 2.45) is 5.92 Å². The largest absolute Gasteiger partial charge is 0.371 e. The van der Waals surface area contributed by atoms with Gasteiger partial charge < -0.3 is 10.2 Å². The number of anilines is 1. The second-order valence-corrected chi connectivity index (χ2v) is 8.41. The third-order valence-corrected chi connectivity index (χ3v) is 6.26. The molecule has 1 N–H and O–H groups in total. The first kappa shape index (κ1) is 21.1. The lowest BCUT2D eigenvalue weighted by atomic mass is 10.1. The van der Waals surface area contributed by atoms with Gasteiger partial charge in [-0.3, -0.25) is 14.3 Å². The molecule has 1 fully saturated rings. The van der Waals surface area contributed by atoms with E-state index in [1.54, 1.807) is 18.5 Å². The van der Waals surface area contributed by atoms with Gasteiger partial charge in [-0.2, -0.15) is 0 Å². The number of nitrogens with zero attached hydrogens (tertiary/aromatic N) is 5. The summed E-state index contributed by atoms with van der Waals surface area (Å²) in [7, 11) is 0. The Hall–Kier alpha value is -3.13. The molecule has 3 heterocycles. The van der Waals surface area contributed by atoms with Gasteiger partial charge in [0, 0.05) is 49.8 Å². The third-order valence-electron chi connectivity index (χ3n) is 5.29. The molecule has 1 aliphatic heterocycles. The monoisotopic (exact) mass is 434 g/mol. The zero-order chi connectivity index (χ0) is 21.5. The molecule has 4 rings (SSSR count). The quantitative estimate of drug-likeness (QED) is 0.412. The van der Waals surface area contributed by atoms with Gasteiger partial charge in [0.1, 0.15) is 0 Å². The van der Waals surface area contributed by atoms with Crippen molar-refractivity contribution < 1.29 is 4.79 Å². The van der Waals surface area contributed by atoms with E-state index in [0.29, 0.717) is 29.9 Å². The number of allylic oxidation sites excluding steroid dienone is 1. The highest BCUT2D eigenvalue weighted by atomic mass is 32.2. The first-order chi connectivity index (χ1) is 15.2. The van der Waals surface area contributed by atoms with Crippen molar-refractivity contribution >= 4 is 23.4 Å². The number of benzene rings is 1. The van der Waals surface area contributed by atoms with Crippen LogP contribution >= 0.6 is 11.8 Å². The first-order valence-electron chi connectivity index (χ1n) is 10.4. The highest BCUT2D eigenvalue weighted by molar-refractivity contribution is 7.99. The number of pyridine rings is 1. The standard InChI is InChI=1S/C23H26N6OS/c1-2-13-29-22(19-8-11-24-12-9-19)26-27-23(29)31-17-21(30)25-15-18-10-14-28(16-18)20-6-4-3-5-7-20/h2-9,11-12,18H,1,10,13-17H2,(H,25,30). The van der Waals surface area contributed by atoms with Gasteiger partial charge in [-0.25, -0.2) is 0 Å². The fourth-order valence-electron chi connectivity index (χ4n) is 3.72. The van der Waals surface area contributed by atoms with E-state index in [-0.39, 0.29) is 5.91 Å². The zero-order valence-corrected chi connectivity index (χ0v) is 18.2. The summed E-state index contributed by atoms with van der Waals surface area (Å²) >= 11 is 1.39. The predicted molar refractivity (Wildman–Crippen MR) is 124 cm³/mol. The molecule has 1 aliphatic rings. The maximum absolute atomic E-state index is 12.4. The van der Waals surface area contributed by atoms with Crippen LogP contribution in [0.2, 0.25) is 0 Å². The number of rotatable bonds is 9. The summed E-state index contributed by atoms with van der Waals surface area (Å²) in [6.45, 7) is 7.10. The number of hydrogen-bond acceptors (Lipinski definition) is 6. The summed E-state index contributed by atoms with van der Waals surface area (Å²) in [5.74, 6) is 1.54. The van der Waals surface area contributed by atoms with Crippen LogP contribution in [0, 0.1) is 5.92 Å². The third kappa shape index (κ3) is 5.32. The molecule has 2 aromatic heterocycles. The summed E-state index contributed by atoms with van der Waals surface area (Å²) in [6, 6.07) is 14.2. The molecule has 0 radical (unpaired) electrons. The molecule has 1 amide bonds. The Morgan fingerprint density at radius 3 is 2.77 bits per heavy atom. The number of hydrogen-bond donors (Lipinski definition) is 1. The van der Waals surface area contributed by atoms with Crippen LogP contribution in [0.1, 0.15) is 6.42 Å². The number of thioether (sulfide) groups is 1. The van der Waals surface area contributed by atoms with Gasteiger partial charge in [0.05, 0.1) is 5.75 Å². The highest BCUT2D eigenvalue weighted by Gasteiger charge is 2.23. The highest BCUT2D eigenvalue weighted by Crippen LogP contribution is 2.24. The molecule has 160 valence electrons. The van der Waals surface area contributed by atoms with E-state index in [1.165, 1.54) is 17.4 Å². The van der Waals surface area contributed by atoms with Gasteiger partial charge in [0.15, 0.2) is 11.0 Å². The summed E-state index contributed by atoms with van der Waals surface area (Å²) < 4.78 is 1.97. The Labute approximate surface area is 186 Å². The average molecular weight is 435 g/mol. The Bertz CT molecular complexity index is 1010. The van der Waals surface area contributed by atoms with Crippen molar-refractivity contribution in [1.82, 2.24) is 25.1 Å². The topological polar surface area (TPSA) is 75.9 Å². The second-order valence-electron chi connectivity index (χ2n) is 7.47. The van der Waals surface area contributed by atoms with Crippen molar-refractivity contribution in [3.8, 4) is 11.4 Å². The minimum absolute atomic E-state index is 0.0155. The van der Waals surface area contributed by atoms with Gasteiger partial charge in [-0.1, -0.05) is 36.0 Å². The van der Waals surface area contributed by atoms with Crippen LogP contribution in [-0.2, 0) is 11.3 Å². The van der Waals surface area contributed by atoms with E-state index in [4.69, 9.17) is 0 Å². The molecule has 1 saturated heterocycles. The molecule has 7 nitrogen and oxygen atoms in total. The molecule has 1 atom stereocenters. The molecule has 0 bridgehead atoms. The maximum Gasteiger partial charge on any atom is 0.230 e. The van der Waals surface area contributed by atoms with Crippen LogP contribution < -0.4 is 10.2 Å². The van der Waals surface area contributed by atoms with Crippen LogP contribution in [0.4, 0.5) is 5.69 Å². The van der Waals surface area contributed by atoms with Gasteiger partial charge >= 0.3 is 0 Å². The molecular weight excluding hydrogens is 408 g/mol. The normalized spacial score (nSPS) is 15.7. The van der Waals surface area contributed by atoms with E-state index in [9.17, 15) is 4.79 Å². The lowest BCUT2D eigenvalue weighted by molar-refractivity contribution is -0.118. The van der Waals surface area contributed by atoms with Crippen LogP contribution in [0.25, 0.3) is 11.4 Å². The zero-order valence-electron chi connectivity index (χ0n) is 17.4. The van der Waals surface area contributed by atoms with Gasteiger partial charge in [0.25, 0.3) is 0 Å². The predicted octanol–water partition coefficient (Wildman–Crippen LogP) is 3.26. The molecule has 0 aliphatic carbocycles. The Kier molecular flexibility index (Phi) is 6.99. The number of para-hydroxylation sites is 1. The summed E-state index contributed by atoms with van der Waals surface area (Å²) in [6.07, 6.45) is 6.34. The number of carbonyl (C=O) groups excluding carboxylic acids is 1. The van der Waals surface area contributed by atoms with Crippen molar-refractivity contribution in [2.75, 3.05) is 30.3 Å². The Balaban J connectivity index is 1.28. The molecule has 31 heavy (non-hydrogen) atoms.